The molecule has 1 atom stereocenters. The molecule has 0 radical (unpaired) electrons. The molecule has 1 aromatic heterocycles. The zero-order valence-electron chi connectivity index (χ0n) is 9.91. The molecule has 2 rings (SSSR count). The number of fused-ring (bicyclic) bond motifs is 1. The van der Waals surface area contributed by atoms with E-state index in [1.54, 1.807) is 6.07 Å². The van der Waals surface area contributed by atoms with Crippen LogP contribution in [-0.4, -0.2) is 15.7 Å². The number of halogens is 2. The van der Waals surface area contributed by atoms with E-state index in [9.17, 15) is 4.79 Å². The average molecular weight is 348 g/mol. The lowest BCUT2D eigenvalue weighted by Crippen LogP contribution is -2.26. The van der Waals surface area contributed by atoms with Crippen molar-refractivity contribution in [1.82, 2.24) is 4.98 Å². The highest BCUT2D eigenvalue weighted by atomic mass is 79.9. The predicted octanol–water partition coefficient (Wildman–Crippen LogP) is 4.31. The molecule has 6 heteroatoms. The summed E-state index contributed by atoms with van der Waals surface area (Å²) in [5, 5.41) is 4.08. The van der Waals surface area contributed by atoms with Crippen molar-refractivity contribution in [3.05, 3.63) is 23.2 Å². The minimum Gasteiger partial charge on any atom is -0.301 e. The second-order valence-electron chi connectivity index (χ2n) is 4.27. The van der Waals surface area contributed by atoms with Crippen LogP contribution in [0.15, 0.2) is 18.2 Å². The normalized spacial score (nSPS) is 12.9. The van der Waals surface area contributed by atoms with Crippen molar-refractivity contribution in [3.8, 4) is 0 Å². The van der Waals surface area contributed by atoms with E-state index < -0.39 is 0 Å². The molecule has 0 unspecified atom stereocenters. The van der Waals surface area contributed by atoms with Gasteiger partial charge in [0.2, 0.25) is 5.91 Å². The Morgan fingerprint density at radius 3 is 2.89 bits per heavy atom. The van der Waals surface area contributed by atoms with Crippen molar-refractivity contribution in [2.24, 2.45) is 5.92 Å². The highest BCUT2D eigenvalue weighted by molar-refractivity contribution is 9.10. The first-order valence-electron chi connectivity index (χ1n) is 5.48. The fourth-order valence-electron chi connectivity index (χ4n) is 1.43. The van der Waals surface area contributed by atoms with E-state index in [2.05, 4.69) is 26.2 Å². The number of carbonyl (C=O) groups is 1. The van der Waals surface area contributed by atoms with Gasteiger partial charge in [0.05, 0.1) is 15.0 Å². The van der Waals surface area contributed by atoms with Crippen molar-refractivity contribution in [3.63, 3.8) is 0 Å². The smallest absolute Gasteiger partial charge is 0.240 e. The molecular formula is C12H12BrClN2OS. The SMILES string of the molecule is CC(C)[C@H](Br)C(=O)Nc1nc2ccc(Cl)cc2s1. The zero-order valence-corrected chi connectivity index (χ0v) is 13.1. The Morgan fingerprint density at radius 2 is 2.22 bits per heavy atom. The maximum Gasteiger partial charge on any atom is 0.240 e. The summed E-state index contributed by atoms with van der Waals surface area (Å²) in [6.07, 6.45) is 0. The molecule has 2 aromatic rings. The number of nitrogens with one attached hydrogen (secondary N) is 1. The molecule has 0 spiro atoms. The Bertz CT molecular complexity index is 584. The third-order valence-electron chi connectivity index (χ3n) is 2.42. The van der Waals surface area contributed by atoms with Crippen molar-refractivity contribution in [2.75, 3.05) is 5.32 Å². The van der Waals surface area contributed by atoms with Gasteiger partial charge in [0.25, 0.3) is 0 Å². The highest BCUT2D eigenvalue weighted by Gasteiger charge is 2.19. The van der Waals surface area contributed by atoms with Gasteiger partial charge in [0.15, 0.2) is 5.13 Å². The van der Waals surface area contributed by atoms with Gasteiger partial charge < -0.3 is 5.32 Å². The number of hydrogen-bond acceptors (Lipinski definition) is 3. The molecule has 0 saturated carbocycles. The van der Waals surface area contributed by atoms with Gasteiger partial charge in [-0.3, -0.25) is 4.79 Å². The number of rotatable bonds is 3. The Hall–Kier alpha value is -0.650. The third kappa shape index (κ3) is 3.02. The Labute approximate surface area is 123 Å². The summed E-state index contributed by atoms with van der Waals surface area (Å²) in [6.45, 7) is 3.97. The molecule has 1 amide bonds. The molecule has 0 aliphatic carbocycles. The number of hydrogen-bond donors (Lipinski definition) is 1. The molecule has 0 aliphatic heterocycles. The molecule has 0 aliphatic rings. The first kappa shape index (κ1) is 13.8. The lowest BCUT2D eigenvalue weighted by Gasteiger charge is -2.11. The van der Waals surface area contributed by atoms with Crippen LogP contribution in [0.1, 0.15) is 13.8 Å². The molecule has 0 bridgehead atoms. The number of amides is 1. The maximum atomic E-state index is 11.9. The lowest BCUT2D eigenvalue weighted by molar-refractivity contribution is -0.116. The summed E-state index contributed by atoms with van der Waals surface area (Å²) < 4.78 is 0.966. The largest absolute Gasteiger partial charge is 0.301 e. The predicted molar refractivity (Wildman–Crippen MR) is 80.8 cm³/mol. The van der Waals surface area contributed by atoms with Crippen LogP contribution in [0.4, 0.5) is 5.13 Å². The van der Waals surface area contributed by atoms with Gasteiger partial charge in [-0.1, -0.05) is 52.7 Å². The van der Waals surface area contributed by atoms with E-state index in [0.29, 0.717) is 10.2 Å². The van der Waals surface area contributed by atoms with E-state index >= 15 is 0 Å². The molecular weight excluding hydrogens is 336 g/mol. The van der Waals surface area contributed by atoms with Crippen LogP contribution in [0, 0.1) is 5.92 Å². The van der Waals surface area contributed by atoms with E-state index in [4.69, 9.17) is 11.6 Å². The first-order valence-corrected chi connectivity index (χ1v) is 7.59. The minimum atomic E-state index is -0.215. The molecule has 1 heterocycles. The fraction of sp³-hybridized carbons (Fsp3) is 0.333. The number of carbonyl (C=O) groups excluding carboxylic acids is 1. The van der Waals surface area contributed by atoms with Crippen LogP contribution in [0.3, 0.4) is 0 Å². The average Bonchev–Trinajstić information content (AvgIpc) is 2.68. The standard InChI is InChI=1S/C12H12BrClN2OS/c1-6(2)10(13)11(17)16-12-15-8-4-3-7(14)5-9(8)18-12/h3-6,10H,1-2H3,(H,15,16,17)/t10-/m0/s1. The number of nitrogens with zero attached hydrogens (tertiary/aromatic N) is 1. The first-order chi connectivity index (χ1) is 8.47. The number of aromatic nitrogens is 1. The summed E-state index contributed by atoms with van der Waals surface area (Å²) in [5.41, 5.74) is 0.843. The fourth-order valence-corrected chi connectivity index (χ4v) is 2.69. The van der Waals surface area contributed by atoms with E-state index in [0.717, 1.165) is 10.2 Å². The molecule has 1 aromatic carbocycles. The van der Waals surface area contributed by atoms with Crippen LogP contribution in [0.2, 0.25) is 5.02 Å². The number of benzene rings is 1. The minimum absolute atomic E-state index is 0.0739. The quantitative estimate of drug-likeness (QED) is 0.841. The summed E-state index contributed by atoms with van der Waals surface area (Å²) >= 11 is 10.7. The molecule has 0 saturated heterocycles. The molecule has 18 heavy (non-hydrogen) atoms. The van der Waals surface area contributed by atoms with E-state index in [1.807, 2.05) is 26.0 Å². The van der Waals surface area contributed by atoms with Gasteiger partial charge in [-0.2, -0.15) is 0 Å². The monoisotopic (exact) mass is 346 g/mol. The second kappa shape index (κ2) is 5.55. The second-order valence-corrected chi connectivity index (χ2v) is 6.72. The third-order valence-corrected chi connectivity index (χ3v) is 5.06. The maximum absolute atomic E-state index is 11.9. The van der Waals surface area contributed by atoms with Crippen LogP contribution in [0.5, 0.6) is 0 Å². The topological polar surface area (TPSA) is 42.0 Å². The Morgan fingerprint density at radius 1 is 1.50 bits per heavy atom. The van der Waals surface area contributed by atoms with Gasteiger partial charge in [0, 0.05) is 5.02 Å². The zero-order chi connectivity index (χ0) is 13.3. The van der Waals surface area contributed by atoms with Crippen LogP contribution in [-0.2, 0) is 4.79 Å². The van der Waals surface area contributed by atoms with Crippen LogP contribution >= 0.6 is 38.9 Å². The summed E-state index contributed by atoms with van der Waals surface area (Å²) in [5.74, 6) is 0.156. The van der Waals surface area contributed by atoms with Crippen molar-refractivity contribution in [2.45, 2.75) is 18.7 Å². The summed E-state index contributed by atoms with van der Waals surface area (Å²) in [6, 6.07) is 5.48. The molecule has 96 valence electrons. The van der Waals surface area contributed by atoms with Crippen molar-refractivity contribution in [1.29, 1.82) is 0 Å². The van der Waals surface area contributed by atoms with Gasteiger partial charge in [0.1, 0.15) is 0 Å². The van der Waals surface area contributed by atoms with Crippen molar-refractivity contribution < 1.29 is 4.79 Å². The van der Waals surface area contributed by atoms with Crippen LogP contribution in [0.25, 0.3) is 10.2 Å². The molecule has 1 N–H and O–H groups in total. The van der Waals surface area contributed by atoms with Crippen molar-refractivity contribution >= 4 is 60.1 Å². The molecule has 3 nitrogen and oxygen atoms in total. The summed E-state index contributed by atoms with van der Waals surface area (Å²) in [7, 11) is 0. The molecule has 0 fully saturated rings. The van der Waals surface area contributed by atoms with Crippen LogP contribution < -0.4 is 5.32 Å². The number of alkyl halides is 1. The number of anilines is 1. The summed E-state index contributed by atoms with van der Waals surface area (Å²) in [4.78, 5) is 16.0. The Kier molecular flexibility index (Phi) is 4.25. The van der Waals surface area contributed by atoms with E-state index in [-0.39, 0.29) is 16.7 Å². The van der Waals surface area contributed by atoms with Gasteiger partial charge in [-0.25, -0.2) is 4.98 Å². The van der Waals surface area contributed by atoms with E-state index in [1.165, 1.54) is 11.3 Å². The Balaban J connectivity index is 2.20. The van der Waals surface area contributed by atoms with Gasteiger partial charge in [-0.15, -0.1) is 0 Å². The van der Waals surface area contributed by atoms with Gasteiger partial charge >= 0.3 is 0 Å². The number of thiazole rings is 1. The lowest BCUT2D eigenvalue weighted by atomic mass is 10.1. The van der Waals surface area contributed by atoms with Gasteiger partial charge in [-0.05, 0) is 24.1 Å². The highest BCUT2D eigenvalue weighted by Crippen LogP contribution is 2.28.